The highest BCUT2D eigenvalue weighted by Gasteiger charge is 2.10. The van der Waals surface area contributed by atoms with Gasteiger partial charge in [0.1, 0.15) is 5.82 Å². The number of hydrogen-bond donors (Lipinski definition) is 1. The lowest BCUT2D eigenvalue weighted by Crippen LogP contribution is -1.86. The van der Waals surface area contributed by atoms with Gasteiger partial charge in [-0.05, 0) is 6.92 Å². The third-order valence-electron chi connectivity index (χ3n) is 1.53. The fraction of sp³-hybridized carbons (Fsp3) is 0.286. The topological polar surface area (TPSA) is 54.5 Å². The first-order valence-corrected chi connectivity index (χ1v) is 5.04. The molecule has 1 unspecified atom stereocenters. The standard InChI is InChI=1S/C7H7ClN4S/c1-4(8)6-10-7(12-11-6)5-2-9-3-13-5/h2-4H,1H3,(H,10,11,12). The molecular formula is C7H7ClN4S. The minimum absolute atomic E-state index is 0.144. The van der Waals surface area contributed by atoms with E-state index in [0.29, 0.717) is 11.6 Å². The van der Waals surface area contributed by atoms with Gasteiger partial charge in [-0.2, -0.15) is 5.10 Å². The predicted molar refractivity (Wildman–Crippen MR) is 51.8 cm³/mol. The van der Waals surface area contributed by atoms with Crippen molar-refractivity contribution < 1.29 is 0 Å². The Bertz CT molecular complexity index is 381. The first kappa shape index (κ1) is 8.65. The SMILES string of the molecule is CC(Cl)c1nc(-c2cncs2)n[nH]1. The van der Waals surface area contributed by atoms with Gasteiger partial charge in [-0.15, -0.1) is 22.9 Å². The Kier molecular flexibility index (Phi) is 2.28. The summed E-state index contributed by atoms with van der Waals surface area (Å²) in [7, 11) is 0. The van der Waals surface area contributed by atoms with Crippen LogP contribution in [-0.4, -0.2) is 20.2 Å². The molecule has 2 aromatic rings. The van der Waals surface area contributed by atoms with Gasteiger partial charge in [-0.25, -0.2) is 4.98 Å². The molecule has 0 aliphatic rings. The molecule has 0 aliphatic carbocycles. The Balaban J connectivity index is 2.33. The number of halogens is 1. The second-order valence-electron chi connectivity index (χ2n) is 2.53. The summed E-state index contributed by atoms with van der Waals surface area (Å²) < 4.78 is 0. The van der Waals surface area contributed by atoms with E-state index in [1.807, 2.05) is 6.92 Å². The smallest absolute Gasteiger partial charge is 0.192 e. The van der Waals surface area contributed by atoms with Gasteiger partial charge in [0.05, 0.1) is 15.8 Å². The van der Waals surface area contributed by atoms with Crippen LogP contribution in [0.5, 0.6) is 0 Å². The summed E-state index contributed by atoms with van der Waals surface area (Å²) in [5.74, 6) is 1.34. The summed E-state index contributed by atoms with van der Waals surface area (Å²) in [6.07, 6.45) is 1.73. The number of aromatic amines is 1. The monoisotopic (exact) mass is 214 g/mol. The first-order valence-electron chi connectivity index (χ1n) is 3.72. The lowest BCUT2D eigenvalue weighted by molar-refractivity contribution is 0.918. The maximum atomic E-state index is 5.83. The molecule has 6 heteroatoms. The highest BCUT2D eigenvalue weighted by atomic mass is 35.5. The lowest BCUT2D eigenvalue weighted by atomic mass is 10.4. The number of aromatic nitrogens is 4. The zero-order valence-electron chi connectivity index (χ0n) is 6.86. The summed E-state index contributed by atoms with van der Waals surface area (Å²) in [6, 6.07) is 0. The van der Waals surface area contributed by atoms with Crippen LogP contribution in [0, 0.1) is 0 Å². The van der Waals surface area contributed by atoms with Gasteiger partial charge in [-0.3, -0.25) is 10.1 Å². The van der Waals surface area contributed by atoms with Crippen LogP contribution in [-0.2, 0) is 0 Å². The first-order chi connectivity index (χ1) is 6.27. The van der Waals surface area contributed by atoms with Crippen LogP contribution in [0.4, 0.5) is 0 Å². The van der Waals surface area contributed by atoms with Crippen LogP contribution < -0.4 is 0 Å². The van der Waals surface area contributed by atoms with Crippen molar-refractivity contribution in [1.29, 1.82) is 0 Å². The summed E-state index contributed by atoms with van der Waals surface area (Å²) in [6.45, 7) is 1.85. The Morgan fingerprint density at radius 2 is 2.46 bits per heavy atom. The molecule has 1 atom stereocenters. The van der Waals surface area contributed by atoms with Gasteiger partial charge in [0.2, 0.25) is 0 Å². The Hall–Kier alpha value is -0.940. The lowest BCUT2D eigenvalue weighted by Gasteiger charge is -1.92. The summed E-state index contributed by atoms with van der Waals surface area (Å²) in [5.41, 5.74) is 1.75. The maximum absolute atomic E-state index is 5.83. The van der Waals surface area contributed by atoms with E-state index in [1.165, 1.54) is 11.3 Å². The van der Waals surface area contributed by atoms with Gasteiger partial charge in [0.25, 0.3) is 0 Å². The number of nitrogens with zero attached hydrogens (tertiary/aromatic N) is 3. The normalized spacial score (nSPS) is 13.1. The number of thiazole rings is 1. The van der Waals surface area contributed by atoms with E-state index in [0.717, 1.165) is 4.88 Å². The molecule has 0 spiro atoms. The Morgan fingerprint density at radius 1 is 1.62 bits per heavy atom. The zero-order valence-corrected chi connectivity index (χ0v) is 8.43. The highest BCUT2D eigenvalue weighted by Crippen LogP contribution is 2.21. The number of H-pyrrole nitrogens is 1. The van der Waals surface area contributed by atoms with E-state index in [2.05, 4.69) is 20.2 Å². The molecule has 0 aliphatic heterocycles. The van der Waals surface area contributed by atoms with Gasteiger partial charge in [0.15, 0.2) is 5.82 Å². The molecule has 68 valence electrons. The zero-order chi connectivity index (χ0) is 9.26. The third kappa shape index (κ3) is 1.71. The predicted octanol–water partition coefficient (Wildman–Crippen LogP) is 2.23. The summed E-state index contributed by atoms with van der Waals surface area (Å²) in [4.78, 5) is 9.11. The molecule has 2 aromatic heterocycles. The third-order valence-corrected chi connectivity index (χ3v) is 2.51. The largest absolute Gasteiger partial charge is 0.261 e. The molecule has 0 radical (unpaired) electrons. The molecule has 0 aromatic carbocycles. The number of nitrogens with one attached hydrogen (secondary N) is 1. The molecule has 0 bridgehead atoms. The summed E-state index contributed by atoms with van der Waals surface area (Å²) in [5, 5.41) is 6.66. The fourth-order valence-electron chi connectivity index (χ4n) is 0.889. The van der Waals surface area contributed by atoms with Gasteiger partial charge < -0.3 is 0 Å². The number of rotatable bonds is 2. The van der Waals surface area contributed by atoms with E-state index in [9.17, 15) is 0 Å². The summed E-state index contributed by atoms with van der Waals surface area (Å²) >= 11 is 7.33. The molecule has 1 N–H and O–H groups in total. The molecule has 0 saturated carbocycles. The molecule has 0 amide bonds. The van der Waals surface area contributed by atoms with E-state index >= 15 is 0 Å². The Morgan fingerprint density at radius 3 is 3.00 bits per heavy atom. The van der Waals surface area contributed by atoms with E-state index in [4.69, 9.17) is 11.6 Å². The molecule has 4 nitrogen and oxygen atoms in total. The van der Waals surface area contributed by atoms with Crippen molar-refractivity contribution in [3.05, 3.63) is 17.5 Å². The van der Waals surface area contributed by atoms with Gasteiger partial charge in [-0.1, -0.05) is 0 Å². The average molecular weight is 215 g/mol. The molecular weight excluding hydrogens is 208 g/mol. The van der Waals surface area contributed by atoms with Crippen molar-refractivity contribution in [3.8, 4) is 10.7 Å². The Labute approximate surface area is 84.0 Å². The highest BCUT2D eigenvalue weighted by molar-refractivity contribution is 7.13. The van der Waals surface area contributed by atoms with E-state index < -0.39 is 0 Å². The average Bonchev–Trinajstić information content (AvgIpc) is 2.75. The van der Waals surface area contributed by atoms with Crippen molar-refractivity contribution in [2.45, 2.75) is 12.3 Å². The van der Waals surface area contributed by atoms with Gasteiger partial charge in [0, 0.05) is 6.20 Å². The fourth-order valence-corrected chi connectivity index (χ4v) is 1.54. The van der Waals surface area contributed by atoms with Crippen LogP contribution in [0.2, 0.25) is 0 Å². The molecule has 0 fully saturated rings. The van der Waals surface area contributed by atoms with Crippen LogP contribution in [0.25, 0.3) is 10.7 Å². The second-order valence-corrected chi connectivity index (χ2v) is 4.07. The van der Waals surface area contributed by atoms with Crippen LogP contribution >= 0.6 is 22.9 Å². The van der Waals surface area contributed by atoms with Crippen molar-refractivity contribution in [2.75, 3.05) is 0 Å². The minimum atomic E-state index is -0.144. The van der Waals surface area contributed by atoms with E-state index in [-0.39, 0.29) is 5.38 Å². The van der Waals surface area contributed by atoms with E-state index in [1.54, 1.807) is 11.7 Å². The molecule has 2 rings (SSSR count). The quantitative estimate of drug-likeness (QED) is 0.780. The van der Waals surface area contributed by atoms with Crippen LogP contribution in [0.15, 0.2) is 11.7 Å². The molecule has 0 saturated heterocycles. The van der Waals surface area contributed by atoms with Gasteiger partial charge >= 0.3 is 0 Å². The van der Waals surface area contributed by atoms with Crippen molar-refractivity contribution in [3.63, 3.8) is 0 Å². The maximum Gasteiger partial charge on any atom is 0.192 e. The number of alkyl halides is 1. The minimum Gasteiger partial charge on any atom is -0.261 e. The molecule has 13 heavy (non-hydrogen) atoms. The molecule has 2 heterocycles. The second kappa shape index (κ2) is 3.43. The van der Waals surface area contributed by atoms with Crippen LogP contribution in [0.3, 0.4) is 0 Å². The van der Waals surface area contributed by atoms with Crippen molar-refractivity contribution in [1.82, 2.24) is 20.2 Å². The number of hydrogen-bond acceptors (Lipinski definition) is 4. The van der Waals surface area contributed by atoms with Crippen molar-refractivity contribution >= 4 is 22.9 Å². The van der Waals surface area contributed by atoms with Crippen molar-refractivity contribution in [2.24, 2.45) is 0 Å². The van der Waals surface area contributed by atoms with Crippen LogP contribution in [0.1, 0.15) is 18.1 Å².